The van der Waals surface area contributed by atoms with E-state index in [1.165, 1.54) is 12.4 Å². The van der Waals surface area contributed by atoms with Crippen LogP contribution < -0.4 is 15.0 Å². The van der Waals surface area contributed by atoms with Crippen molar-refractivity contribution in [2.45, 2.75) is 13.0 Å². The summed E-state index contributed by atoms with van der Waals surface area (Å²) in [4.78, 5) is 18.8. The molecule has 0 spiro atoms. The van der Waals surface area contributed by atoms with Crippen LogP contribution in [0, 0.1) is 6.92 Å². The number of aryl methyl sites for hydroxylation is 2. The fourth-order valence-corrected chi connectivity index (χ4v) is 3.00. The number of ether oxygens (including phenoxy) is 1. The highest BCUT2D eigenvalue weighted by Gasteiger charge is 2.33. The summed E-state index contributed by atoms with van der Waals surface area (Å²) in [7, 11) is 1.82. The van der Waals surface area contributed by atoms with Crippen LogP contribution in [0.25, 0.3) is 0 Å². The Balaban J connectivity index is 1.43. The lowest BCUT2D eigenvalue weighted by molar-refractivity contribution is 0.102. The minimum absolute atomic E-state index is 0.0452. The van der Waals surface area contributed by atoms with Gasteiger partial charge in [-0.1, -0.05) is 0 Å². The lowest BCUT2D eigenvalue weighted by Crippen LogP contribution is -2.55. The van der Waals surface area contributed by atoms with E-state index in [0.717, 1.165) is 17.1 Å². The molecule has 138 valence electrons. The van der Waals surface area contributed by atoms with Gasteiger partial charge in [0.1, 0.15) is 23.2 Å². The fraction of sp³-hybridized carbons (Fsp3) is 0.278. The summed E-state index contributed by atoms with van der Waals surface area (Å²) in [5.41, 5.74) is 2.14. The van der Waals surface area contributed by atoms with Gasteiger partial charge in [0.25, 0.3) is 5.91 Å². The number of amides is 1. The van der Waals surface area contributed by atoms with E-state index in [4.69, 9.17) is 4.74 Å². The van der Waals surface area contributed by atoms with Gasteiger partial charge < -0.3 is 15.0 Å². The van der Waals surface area contributed by atoms with E-state index in [0.29, 0.717) is 24.3 Å². The Morgan fingerprint density at radius 3 is 2.81 bits per heavy atom. The van der Waals surface area contributed by atoms with Gasteiger partial charge in [-0.15, -0.1) is 0 Å². The van der Waals surface area contributed by atoms with Crippen molar-refractivity contribution in [1.29, 1.82) is 0 Å². The van der Waals surface area contributed by atoms with E-state index in [1.807, 2.05) is 20.0 Å². The molecule has 1 aliphatic heterocycles. The summed E-state index contributed by atoms with van der Waals surface area (Å²) < 4.78 is 7.64. The molecule has 1 N–H and O–H groups in total. The normalized spacial score (nSPS) is 13.9. The predicted molar refractivity (Wildman–Crippen MR) is 98.8 cm³/mol. The molecule has 0 aromatic carbocycles. The number of pyridine rings is 1. The number of aromatic nitrogens is 5. The molecule has 1 aliphatic rings. The monoisotopic (exact) mass is 365 g/mol. The Hall–Kier alpha value is -3.49. The van der Waals surface area contributed by atoms with Crippen molar-refractivity contribution in [3.8, 4) is 5.75 Å². The van der Waals surface area contributed by atoms with Crippen LogP contribution in [0.15, 0.2) is 43.1 Å². The van der Waals surface area contributed by atoms with Gasteiger partial charge in [0.15, 0.2) is 0 Å². The van der Waals surface area contributed by atoms with Crippen molar-refractivity contribution in [2.24, 2.45) is 7.05 Å². The van der Waals surface area contributed by atoms with E-state index in [1.54, 1.807) is 29.3 Å². The summed E-state index contributed by atoms with van der Waals surface area (Å²) in [6, 6.07) is 3.64. The molecule has 0 aliphatic carbocycles. The minimum Gasteiger partial charge on any atom is -0.485 e. The number of nitrogens with one attached hydrogen (secondary N) is 1. The van der Waals surface area contributed by atoms with E-state index in [9.17, 15) is 4.79 Å². The Morgan fingerprint density at radius 2 is 2.07 bits per heavy atom. The molecule has 4 rings (SSSR count). The molecule has 1 amide bonds. The number of hydrogen-bond donors (Lipinski definition) is 1. The maximum Gasteiger partial charge on any atom is 0.261 e. The largest absolute Gasteiger partial charge is 0.485 e. The van der Waals surface area contributed by atoms with Crippen molar-refractivity contribution in [2.75, 3.05) is 23.3 Å². The second-order valence-corrected chi connectivity index (χ2v) is 6.43. The first-order chi connectivity index (χ1) is 13.1. The molecule has 0 unspecified atom stereocenters. The highest BCUT2D eigenvalue weighted by Crippen LogP contribution is 2.27. The zero-order chi connectivity index (χ0) is 18.8. The predicted octanol–water partition coefficient (Wildman–Crippen LogP) is 1.43. The zero-order valence-corrected chi connectivity index (χ0v) is 15.0. The zero-order valence-electron chi connectivity index (χ0n) is 15.0. The molecule has 0 radical (unpaired) electrons. The Labute approximate surface area is 156 Å². The number of carbonyl (C=O) groups excluding carboxylic acids is 1. The molecule has 0 atom stereocenters. The molecule has 1 fully saturated rings. The Morgan fingerprint density at radius 1 is 1.22 bits per heavy atom. The Bertz CT molecular complexity index is 951. The molecule has 3 aromatic rings. The third-order valence-electron chi connectivity index (χ3n) is 4.29. The molecule has 9 nitrogen and oxygen atoms in total. The molecular formula is C18H19N7O2. The SMILES string of the molecule is Cc1cncc(OC2CN(c3c(C(=O)Nc4ccnnc4)cnn3C)C2)c1. The molecule has 9 heteroatoms. The third kappa shape index (κ3) is 3.57. The van der Waals surface area contributed by atoms with Crippen LogP contribution in [-0.4, -0.2) is 50.1 Å². The van der Waals surface area contributed by atoms with Crippen LogP contribution in [0.5, 0.6) is 5.75 Å². The average molecular weight is 365 g/mol. The topological polar surface area (TPSA) is 98.1 Å². The highest BCUT2D eigenvalue weighted by atomic mass is 16.5. The summed E-state index contributed by atoms with van der Waals surface area (Å²) >= 11 is 0. The fourth-order valence-electron chi connectivity index (χ4n) is 3.00. The minimum atomic E-state index is -0.238. The molecular weight excluding hydrogens is 346 g/mol. The van der Waals surface area contributed by atoms with Gasteiger partial charge in [-0.3, -0.25) is 14.5 Å². The van der Waals surface area contributed by atoms with Crippen molar-refractivity contribution in [1.82, 2.24) is 25.0 Å². The average Bonchev–Trinajstić information content (AvgIpc) is 3.00. The smallest absolute Gasteiger partial charge is 0.261 e. The van der Waals surface area contributed by atoms with E-state index in [2.05, 4.69) is 30.5 Å². The van der Waals surface area contributed by atoms with Gasteiger partial charge in [-0.25, -0.2) is 0 Å². The summed E-state index contributed by atoms with van der Waals surface area (Å²) in [5, 5.41) is 14.5. The molecule has 27 heavy (non-hydrogen) atoms. The van der Waals surface area contributed by atoms with Crippen LogP contribution in [0.2, 0.25) is 0 Å². The highest BCUT2D eigenvalue weighted by molar-refractivity contribution is 6.07. The van der Waals surface area contributed by atoms with Crippen LogP contribution >= 0.6 is 0 Å². The quantitative estimate of drug-likeness (QED) is 0.730. The van der Waals surface area contributed by atoms with Crippen molar-refractivity contribution in [3.63, 3.8) is 0 Å². The van der Waals surface area contributed by atoms with Gasteiger partial charge in [-0.05, 0) is 24.6 Å². The van der Waals surface area contributed by atoms with Crippen molar-refractivity contribution >= 4 is 17.4 Å². The van der Waals surface area contributed by atoms with Gasteiger partial charge in [0, 0.05) is 13.2 Å². The van der Waals surface area contributed by atoms with Gasteiger partial charge in [0.05, 0.1) is 43.6 Å². The number of rotatable bonds is 5. The van der Waals surface area contributed by atoms with E-state index >= 15 is 0 Å². The molecule has 4 heterocycles. The van der Waals surface area contributed by atoms with E-state index < -0.39 is 0 Å². The first-order valence-electron chi connectivity index (χ1n) is 8.53. The standard InChI is InChI=1S/C18H19N7O2/c1-12-5-14(8-19-6-12)27-15-10-25(11-15)18-16(9-22-24(18)2)17(26)23-13-3-4-20-21-7-13/h3-9,15H,10-11H2,1-2H3,(H,20,23,26). The van der Waals surface area contributed by atoms with Crippen LogP contribution in [-0.2, 0) is 7.05 Å². The maximum absolute atomic E-state index is 12.6. The van der Waals surface area contributed by atoms with Crippen LogP contribution in [0.3, 0.4) is 0 Å². The number of carbonyl (C=O) groups is 1. The van der Waals surface area contributed by atoms with Crippen molar-refractivity contribution in [3.05, 3.63) is 54.2 Å². The second-order valence-electron chi connectivity index (χ2n) is 6.43. The van der Waals surface area contributed by atoms with Crippen LogP contribution in [0.1, 0.15) is 15.9 Å². The number of nitrogens with zero attached hydrogens (tertiary/aromatic N) is 6. The van der Waals surface area contributed by atoms with Crippen LogP contribution in [0.4, 0.5) is 11.5 Å². The number of anilines is 2. The van der Waals surface area contributed by atoms with E-state index in [-0.39, 0.29) is 12.0 Å². The van der Waals surface area contributed by atoms with Gasteiger partial charge >= 0.3 is 0 Å². The first-order valence-corrected chi connectivity index (χ1v) is 8.53. The molecule has 3 aromatic heterocycles. The van der Waals surface area contributed by atoms with Gasteiger partial charge in [-0.2, -0.15) is 15.3 Å². The molecule has 0 saturated carbocycles. The third-order valence-corrected chi connectivity index (χ3v) is 4.29. The lowest BCUT2D eigenvalue weighted by Gasteiger charge is -2.40. The first kappa shape index (κ1) is 17.0. The summed E-state index contributed by atoms with van der Waals surface area (Å²) in [6.07, 6.45) is 8.14. The Kier molecular flexibility index (Phi) is 4.41. The molecule has 0 bridgehead atoms. The van der Waals surface area contributed by atoms with Crippen molar-refractivity contribution < 1.29 is 9.53 Å². The number of hydrogen-bond acceptors (Lipinski definition) is 7. The molecule has 1 saturated heterocycles. The summed E-state index contributed by atoms with van der Waals surface area (Å²) in [5.74, 6) is 1.28. The maximum atomic E-state index is 12.6. The second kappa shape index (κ2) is 7.02. The van der Waals surface area contributed by atoms with Gasteiger partial charge in [0.2, 0.25) is 0 Å². The lowest BCUT2D eigenvalue weighted by atomic mass is 10.1. The summed E-state index contributed by atoms with van der Waals surface area (Å²) in [6.45, 7) is 3.32.